The fourth-order valence-corrected chi connectivity index (χ4v) is 4.19. The molecule has 1 aliphatic heterocycles. The number of carbonyl (C=O) groups excluding carboxylic acids is 1. The molecule has 1 atom stereocenters. The predicted molar refractivity (Wildman–Crippen MR) is 63.6 cm³/mol. The summed E-state index contributed by atoms with van der Waals surface area (Å²) in [4.78, 5) is 12.4. The third-order valence-electron chi connectivity index (χ3n) is 2.52. The minimum atomic E-state index is -2.93. The second-order valence-electron chi connectivity index (χ2n) is 4.06. The number of rotatable bonds is 2. The van der Waals surface area contributed by atoms with E-state index in [1.54, 1.807) is 0 Å². The number of carbonyl (C=O) groups is 1. The molecule has 0 aromatic carbocycles. The Morgan fingerprint density at radius 1 is 1.56 bits per heavy atom. The van der Waals surface area contributed by atoms with Crippen molar-refractivity contribution >= 4 is 27.1 Å². The maximum Gasteiger partial charge on any atom is 0.261 e. The van der Waals surface area contributed by atoms with Crippen LogP contribution in [0.4, 0.5) is 0 Å². The average Bonchev–Trinajstić information content (AvgIpc) is 2.73. The topological polar surface area (TPSA) is 63.2 Å². The number of hydrogen-bond acceptors (Lipinski definition) is 4. The van der Waals surface area contributed by atoms with Gasteiger partial charge in [-0.1, -0.05) is 0 Å². The van der Waals surface area contributed by atoms with Gasteiger partial charge in [-0.15, -0.1) is 11.3 Å². The van der Waals surface area contributed by atoms with Crippen molar-refractivity contribution in [2.75, 3.05) is 11.5 Å². The first-order valence-electron chi connectivity index (χ1n) is 5.03. The van der Waals surface area contributed by atoms with Crippen LogP contribution in [0.3, 0.4) is 0 Å². The largest absolute Gasteiger partial charge is 0.348 e. The van der Waals surface area contributed by atoms with E-state index < -0.39 is 9.84 Å². The number of thiophene rings is 1. The molecular weight excluding hydrogens is 246 g/mol. The van der Waals surface area contributed by atoms with Crippen molar-refractivity contribution < 1.29 is 13.2 Å². The van der Waals surface area contributed by atoms with Gasteiger partial charge in [0.2, 0.25) is 0 Å². The number of amides is 1. The quantitative estimate of drug-likeness (QED) is 0.861. The molecular formula is C10H13NO3S2. The Morgan fingerprint density at radius 3 is 2.81 bits per heavy atom. The van der Waals surface area contributed by atoms with Crippen molar-refractivity contribution in [2.24, 2.45) is 0 Å². The van der Waals surface area contributed by atoms with E-state index >= 15 is 0 Å². The minimum absolute atomic E-state index is 0.0725. The van der Waals surface area contributed by atoms with Crippen molar-refractivity contribution in [3.05, 3.63) is 21.9 Å². The second-order valence-corrected chi connectivity index (χ2v) is 7.20. The molecule has 2 rings (SSSR count). The molecule has 0 spiro atoms. The van der Waals surface area contributed by atoms with E-state index in [1.165, 1.54) is 11.3 Å². The summed E-state index contributed by atoms with van der Waals surface area (Å²) in [5.41, 5.74) is 1.05. The Balaban J connectivity index is 1.99. The molecule has 0 radical (unpaired) electrons. The molecule has 16 heavy (non-hydrogen) atoms. The van der Waals surface area contributed by atoms with Crippen molar-refractivity contribution in [3.63, 3.8) is 0 Å². The summed E-state index contributed by atoms with van der Waals surface area (Å²) < 4.78 is 22.4. The van der Waals surface area contributed by atoms with E-state index in [4.69, 9.17) is 0 Å². The van der Waals surface area contributed by atoms with E-state index in [0.29, 0.717) is 11.3 Å². The highest BCUT2D eigenvalue weighted by Crippen LogP contribution is 2.16. The first-order chi connectivity index (χ1) is 7.46. The zero-order valence-electron chi connectivity index (χ0n) is 8.89. The minimum Gasteiger partial charge on any atom is -0.348 e. The van der Waals surface area contributed by atoms with Gasteiger partial charge in [0.15, 0.2) is 9.84 Å². The zero-order valence-corrected chi connectivity index (χ0v) is 10.5. The zero-order chi connectivity index (χ0) is 11.8. The smallest absolute Gasteiger partial charge is 0.261 e. The summed E-state index contributed by atoms with van der Waals surface area (Å²) in [7, 11) is -2.93. The first-order valence-corrected chi connectivity index (χ1v) is 7.73. The van der Waals surface area contributed by atoms with Gasteiger partial charge in [-0.05, 0) is 30.4 Å². The van der Waals surface area contributed by atoms with E-state index in [9.17, 15) is 13.2 Å². The van der Waals surface area contributed by atoms with Crippen LogP contribution in [0, 0.1) is 6.92 Å². The molecule has 0 bridgehead atoms. The van der Waals surface area contributed by atoms with Gasteiger partial charge in [-0.25, -0.2) is 8.42 Å². The second kappa shape index (κ2) is 4.18. The van der Waals surface area contributed by atoms with Crippen LogP contribution in [-0.4, -0.2) is 31.9 Å². The van der Waals surface area contributed by atoms with Gasteiger partial charge >= 0.3 is 0 Å². The lowest BCUT2D eigenvalue weighted by atomic mass is 10.2. The Kier molecular flexibility index (Phi) is 3.03. The lowest BCUT2D eigenvalue weighted by Gasteiger charge is -2.08. The molecule has 1 saturated heterocycles. The van der Waals surface area contributed by atoms with Gasteiger partial charge in [0.25, 0.3) is 5.91 Å². The standard InChI is InChI=1S/C10H13NO3S2/c1-7-4-9(15-5-7)10(12)11-8-2-3-16(13,14)6-8/h4-5,8H,2-3,6H2,1H3,(H,11,12). The van der Waals surface area contributed by atoms with E-state index in [-0.39, 0.29) is 23.5 Å². The van der Waals surface area contributed by atoms with Crippen LogP contribution < -0.4 is 5.32 Å². The lowest BCUT2D eigenvalue weighted by molar-refractivity contribution is 0.0945. The van der Waals surface area contributed by atoms with Crippen LogP contribution >= 0.6 is 11.3 Å². The number of nitrogens with one attached hydrogen (secondary N) is 1. The highest BCUT2D eigenvalue weighted by atomic mass is 32.2. The van der Waals surface area contributed by atoms with Gasteiger partial charge < -0.3 is 5.32 Å². The van der Waals surface area contributed by atoms with Crippen LogP contribution in [0.25, 0.3) is 0 Å². The molecule has 1 aromatic rings. The van der Waals surface area contributed by atoms with Crippen LogP contribution in [0.1, 0.15) is 21.7 Å². The maximum atomic E-state index is 11.7. The third-order valence-corrected chi connectivity index (χ3v) is 5.34. The Morgan fingerprint density at radius 2 is 2.31 bits per heavy atom. The molecule has 0 saturated carbocycles. The number of hydrogen-bond donors (Lipinski definition) is 1. The predicted octanol–water partition coefficient (Wildman–Crippen LogP) is 0.973. The van der Waals surface area contributed by atoms with Gasteiger partial charge in [-0.3, -0.25) is 4.79 Å². The van der Waals surface area contributed by atoms with Gasteiger partial charge in [0, 0.05) is 6.04 Å². The van der Waals surface area contributed by atoms with Crippen molar-refractivity contribution in [2.45, 2.75) is 19.4 Å². The highest BCUT2D eigenvalue weighted by molar-refractivity contribution is 7.91. The summed E-state index contributed by atoms with van der Waals surface area (Å²) in [6.45, 7) is 1.92. The molecule has 1 aliphatic rings. The summed E-state index contributed by atoms with van der Waals surface area (Å²) in [5.74, 6) is 0.0880. The number of sulfone groups is 1. The molecule has 0 aliphatic carbocycles. The molecule has 1 amide bonds. The Labute approximate surface area is 98.6 Å². The van der Waals surface area contributed by atoms with Crippen LogP contribution in [0.5, 0.6) is 0 Å². The fourth-order valence-electron chi connectivity index (χ4n) is 1.72. The monoisotopic (exact) mass is 259 g/mol. The lowest BCUT2D eigenvalue weighted by Crippen LogP contribution is -2.35. The molecule has 6 heteroatoms. The summed E-state index contributed by atoms with van der Waals surface area (Å²) in [6.07, 6.45) is 0.526. The summed E-state index contributed by atoms with van der Waals surface area (Å²) in [6, 6.07) is 1.59. The fraction of sp³-hybridized carbons (Fsp3) is 0.500. The highest BCUT2D eigenvalue weighted by Gasteiger charge is 2.29. The molecule has 88 valence electrons. The van der Waals surface area contributed by atoms with E-state index in [0.717, 1.165) is 5.56 Å². The van der Waals surface area contributed by atoms with Gasteiger partial charge in [0.1, 0.15) is 0 Å². The SMILES string of the molecule is Cc1csc(C(=O)NC2CCS(=O)(=O)C2)c1. The van der Waals surface area contributed by atoms with Crippen molar-refractivity contribution in [1.82, 2.24) is 5.32 Å². The molecule has 1 N–H and O–H groups in total. The Bertz CT molecular complexity index is 504. The summed E-state index contributed by atoms with van der Waals surface area (Å²) >= 11 is 1.38. The number of aryl methyl sites for hydroxylation is 1. The summed E-state index contributed by atoms with van der Waals surface area (Å²) in [5, 5.41) is 4.66. The molecule has 1 aromatic heterocycles. The Hall–Kier alpha value is -0.880. The first kappa shape index (κ1) is 11.6. The third kappa shape index (κ3) is 2.62. The van der Waals surface area contributed by atoms with Crippen LogP contribution in [0.15, 0.2) is 11.4 Å². The van der Waals surface area contributed by atoms with Gasteiger partial charge in [0.05, 0.1) is 16.4 Å². The van der Waals surface area contributed by atoms with Crippen molar-refractivity contribution in [3.8, 4) is 0 Å². The van der Waals surface area contributed by atoms with Crippen LogP contribution in [0.2, 0.25) is 0 Å². The normalized spacial score (nSPS) is 23.2. The average molecular weight is 259 g/mol. The molecule has 2 heterocycles. The van der Waals surface area contributed by atoms with E-state index in [2.05, 4.69) is 5.32 Å². The van der Waals surface area contributed by atoms with Gasteiger partial charge in [-0.2, -0.15) is 0 Å². The molecule has 4 nitrogen and oxygen atoms in total. The molecule has 1 unspecified atom stereocenters. The maximum absolute atomic E-state index is 11.7. The molecule has 1 fully saturated rings. The van der Waals surface area contributed by atoms with Crippen molar-refractivity contribution in [1.29, 1.82) is 0 Å². The van der Waals surface area contributed by atoms with Crippen LogP contribution in [-0.2, 0) is 9.84 Å². The van der Waals surface area contributed by atoms with E-state index in [1.807, 2.05) is 18.4 Å².